The molecule has 2 fully saturated rings. The maximum absolute atomic E-state index is 13.6. The number of likely N-dealkylation sites (tertiary alicyclic amines) is 1. The lowest BCUT2D eigenvalue weighted by molar-refractivity contribution is -0.173. The van der Waals surface area contributed by atoms with Crippen LogP contribution in [0, 0.1) is 0 Å². The second-order valence-electron chi connectivity index (χ2n) is 4.69. The van der Waals surface area contributed by atoms with Crippen LogP contribution < -0.4 is 5.32 Å². The zero-order chi connectivity index (χ0) is 13.3. The molecule has 2 amide bonds. The summed E-state index contributed by atoms with van der Waals surface area (Å²) in [4.78, 5) is 24.1. The molecule has 1 unspecified atom stereocenters. The summed E-state index contributed by atoms with van der Waals surface area (Å²) >= 11 is 0. The molecule has 0 aromatic carbocycles. The van der Waals surface area contributed by atoms with Gasteiger partial charge in [0.1, 0.15) is 12.1 Å². The van der Waals surface area contributed by atoms with Crippen LogP contribution in [0.4, 0.5) is 8.78 Å². The molecule has 2 rings (SSSR count). The standard InChI is InChI=1S/C11H16F2N2O3/c1-18-8-4-5-15(6-11(8,12)13)10(17)7-2-3-9(16)14-7/h7-8H,2-6H2,1H3,(H,14,16)/t7?,8-/m0/s1. The molecule has 0 spiro atoms. The van der Waals surface area contributed by atoms with Crippen molar-refractivity contribution in [2.75, 3.05) is 20.2 Å². The van der Waals surface area contributed by atoms with E-state index in [0.29, 0.717) is 6.42 Å². The van der Waals surface area contributed by atoms with E-state index in [1.54, 1.807) is 0 Å². The van der Waals surface area contributed by atoms with Gasteiger partial charge in [-0.15, -0.1) is 0 Å². The third kappa shape index (κ3) is 2.45. The molecule has 1 N–H and O–H groups in total. The third-order valence-electron chi connectivity index (χ3n) is 3.42. The molecule has 5 nitrogen and oxygen atoms in total. The molecule has 0 bridgehead atoms. The lowest BCUT2D eigenvalue weighted by Crippen LogP contribution is -2.57. The number of halogens is 2. The van der Waals surface area contributed by atoms with Crippen LogP contribution in [0.15, 0.2) is 0 Å². The molecule has 0 radical (unpaired) electrons. The van der Waals surface area contributed by atoms with Gasteiger partial charge in [-0.1, -0.05) is 0 Å². The predicted molar refractivity (Wildman–Crippen MR) is 58.1 cm³/mol. The maximum Gasteiger partial charge on any atom is 0.290 e. The lowest BCUT2D eigenvalue weighted by Gasteiger charge is -2.38. The second-order valence-corrected chi connectivity index (χ2v) is 4.69. The van der Waals surface area contributed by atoms with Gasteiger partial charge in [0.05, 0.1) is 6.54 Å². The Kier molecular flexibility index (Phi) is 3.52. The number of amides is 2. The summed E-state index contributed by atoms with van der Waals surface area (Å²) in [5.74, 6) is -3.66. The van der Waals surface area contributed by atoms with E-state index in [0.717, 1.165) is 4.90 Å². The molecule has 18 heavy (non-hydrogen) atoms. The van der Waals surface area contributed by atoms with E-state index in [4.69, 9.17) is 4.74 Å². The monoisotopic (exact) mass is 262 g/mol. The Hall–Kier alpha value is -1.24. The molecule has 2 atom stereocenters. The van der Waals surface area contributed by atoms with Crippen LogP contribution in [0.5, 0.6) is 0 Å². The van der Waals surface area contributed by atoms with Gasteiger partial charge in [0, 0.05) is 20.1 Å². The van der Waals surface area contributed by atoms with Crippen molar-refractivity contribution in [3.8, 4) is 0 Å². The highest BCUT2D eigenvalue weighted by atomic mass is 19.3. The van der Waals surface area contributed by atoms with Gasteiger partial charge in [0.25, 0.3) is 5.92 Å². The molecule has 0 aromatic rings. The summed E-state index contributed by atoms with van der Waals surface area (Å²) < 4.78 is 32.0. The van der Waals surface area contributed by atoms with Crippen LogP contribution in [0.3, 0.4) is 0 Å². The molecular formula is C11H16F2N2O3. The first-order valence-corrected chi connectivity index (χ1v) is 5.93. The SMILES string of the molecule is CO[C@H]1CCN(C(=O)C2CCC(=O)N2)CC1(F)F. The number of piperidine rings is 1. The molecule has 2 aliphatic rings. The lowest BCUT2D eigenvalue weighted by atomic mass is 10.0. The first-order valence-electron chi connectivity index (χ1n) is 5.93. The highest BCUT2D eigenvalue weighted by molar-refractivity contribution is 5.90. The Balaban J connectivity index is 1.98. The average Bonchev–Trinajstić information content (AvgIpc) is 2.73. The number of nitrogens with zero attached hydrogens (tertiary/aromatic N) is 1. The summed E-state index contributed by atoms with van der Waals surface area (Å²) in [5, 5.41) is 2.50. The van der Waals surface area contributed by atoms with E-state index in [1.807, 2.05) is 0 Å². The van der Waals surface area contributed by atoms with Crippen LogP contribution in [0.1, 0.15) is 19.3 Å². The van der Waals surface area contributed by atoms with Crippen molar-refractivity contribution in [3.63, 3.8) is 0 Å². The van der Waals surface area contributed by atoms with Gasteiger partial charge in [-0.3, -0.25) is 9.59 Å². The Morgan fingerprint density at radius 1 is 1.50 bits per heavy atom. The largest absolute Gasteiger partial charge is 0.375 e. The predicted octanol–water partition coefficient (Wildman–Crippen LogP) is 0.148. The Morgan fingerprint density at radius 3 is 2.72 bits per heavy atom. The van der Waals surface area contributed by atoms with Gasteiger partial charge < -0.3 is 15.0 Å². The highest BCUT2D eigenvalue weighted by Crippen LogP contribution is 2.30. The Bertz CT molecular complexity index is 362. The van der Waals surface area contributed by atoms with Crippen molar-refractivity contribution < 1.29 is 23.1 Å². The fourth-order valence-corrected chi connectivity index (χ4v) is 2.42. The summed E-state index contributed by atoms with van der Waals surface area (Å²) in [5.41, 5.74) is 0. The number of methoxy groups -OCH3 is 1. The summed E-state index contributed by atoms with van der Waals surface area (Å²) in [6.07, 6.45) is -0.371. The molecule has 2 aliphatic heterocycles. The molecule has 0 aromatic heterocycles. The summed E-state index contributed by atoms with van der Waals surface area (Å²) in [6.45, 7) is -0.407. The third-order valence-corrected chi connectivity index (χ3v) is 3.42. The van der Waals surface area contributed by atoms with Gasteiger partial charge in [-0.05, 0) is 12.8 Å². The van der Waals surface area contributed by atoms with E-state index < -0.39 is 30.5 Å². The minimum absolute atomic E-state index is 0.107. The zero-order valence-corrected chi connectivity index (χ0v) is 10.1. The Morgan fingerprint density at radius 2 is 2.22 bits per heavy atom. The topological polar surface area (TPSA) is 58.6 Å². The molecular weight excluding hydrogens is 246 g/mol. The van der Waals surface area contributed by atoms with Crippen LogP contribution in [-0.4, -0.2) is 55.0 Å². The van der Waals surface area contributed by atoms with Crippen molar-refractivity contribution >= 4 is 11.8 Å². The van der Waals surface area contributed by atoms with Gasteiger partial charge in [0.2, 0.25) is 11.8 Å². The molecule has 7 heteroatoms. The molecule has 2 heterocycles. The van der Waals surface area contributed by atoms with Crippen molar-refractivity contribution in [2.24, 2.45) is 0 Å². The van der Waals surface area contributed by atoms with E-state index in [-0.39, 0.29) is 25.3 Å². The van der Waals surface area contributed by atoms with Crippen LogP contribution >= 0.6 is 0 Å². The summed E-state index contributed by atoms with van der Waals surface area (Å²) in [7, 11) is 1.24. The number of hydrogen-bond acceptors (Lipinski definition) is 3. The van der Waals surface area contributed by atoms with Gasteiger partial charge in [-0.25, -0.2) is 8.78 Å². The molecule has 0 saturated carbocycles. The zero-order valence-electron chi connectivity index (χ0n) is 10.1. The van der Waals surface area contributed by atoms with E-state index in [2.05, 4.69) is 5.32 Å². The average molecular weight is 262 g/mol. The van der Waals surface area contributed by atoms with Gasteiger partial charge >= 0.3 is 0 Å². The minimum atomic E-state index is -3.04. The van der Waals surface area contributed by atoms with Crippen LogP contribution in [-0.2, 0) is 14.3 Å². The molecule has 2 saturated heterocycles. The number of nitrogens with one attached hydrogen (secondary N) is 1. The molecule has 0 aliphatic carbocycles. The van der Waals surface area contributed by atoms with Crippen LogP contribution in [0.25, 0.3) is 0 Å². The van der Waals surface area contributed by atoms with Crippen molar-refractivity contribution in [1.82, 2.24) is 10.2 Å². The van der Waals surface area contributed by atoms with E-state index in [9.17, 15) is 18.4 Å². The highest BCUT2D eigenvalue weighted by Gasteiger charge is 2.47. The van der Waals surface area contributed by atoms with Gasteiger partial charge in [0.15, 0.2) is 0 Å². The van der Waals surface area contributed by atoms with E-state index in [1.165, 1.54) is 7.11 Å². The number of hydrogen-bond donors (Lipinski definition) is 1. The second kappa shape index (κ2) is 4.79. The fraction of sp³-hybridized carbons (Fsp3) is 0.818. The number of carbonyl (C=O) groups is 2. The summed E-state index contributed by atoms with van der Waals surface area (Å²) in [6, 6.07) is -0.646. The number of carbonyl (C=O) groups excluding carboxylic acids is 2. The number of alkyl halides is 2. The van der Waals surface area contributed by atoms with Crippen LogP contribution in [0.2, 0.25) is 0 Å². The normalized spacial score (nSPS) is 31.3. The van der Waals surface area contributed by atoms with E-state index >= 15 is 0 Å². The molecule has 102 valence electrons. The first-order chi connectivity index (χ1) is 8.44. The minimum Gasteiger partial charge on any atom is -0.375 e. The van der Waals surface area contributed by atoms with Crippen molar-refractivity contribution in [2.45, 2.75) is 37.3 Å². The Labute approximate surface area is 103 Å². The fourth-order valence-electron chi connectivity index (χ4n) is 2.42. The smallest absolute Gasteiger partial charge is 0.290 e. The van der Waals surface area contributed by atoms with Gasteiger partial charge in [-0.2, -0.15) is 0 Å². The maximum atomic E-state index is 13.6. The van der Waals surface area contributed by atoms with Crippen molar-refractivity contribution in [3.05, 3.63) is 0 Å². The quantitative estimate of drug-likeness (QED) is 0.770. The first kappa shape index (κ1) is 13.2. The van der Waals surface area contributed by atoms with Crippen molar-refractivity contribution in [1.29, 1.82) is 0 Å². The number of rotatable bonds is 2. The number of ether oxygens (including phenoxy) is 1.